The topological polar surface area (TPSA) is 84.9 Å². The van der Waals surface area contributed by atoms with Gasteiger partial charge in [-0.3, -0.25) is 9.59 Å². The van der Waals surface area contributed by atoms with Crippen LogP contribution in [0.5, 0.6) is 5.75 Å². The lowest BCUT2D eigenvalue weighted by Crippen LogP contribution is -2.37. The number of para-hydroxylation sites is 1. The number of hydrogen-bond acceptors (Lipinski definition) is 5. The molecule has 7 nitrogen and oxygen atoms in total. The lowest BCUT2D eigenvalue weighted by Gasteiger charge is -2.23. The minimum absolute atomic E-state index is 0.184. The van der Waals surface area contributed by atoms with Gasteiger partial charge in [0.05, 0.1) is 31.2 Å². The summed E-state index contributed by atoms with van der Waals surface area (Å²) in [5.41, 5.74) is 0.841. The number of rotatable bonds is 6. The fraction of sp³-hybridized carbons (Fsp3) is 0.211. The van der Waals surface area contributed by atoms with E-state index in [0.29, 0.717) is 16.5 Å². The Kier molecular flexibility index (Phi) is 6.79. The van der Waals surface area contributed by atoms with Gasteiger partial charge in [-0.25, -0.2) is 4.79 Å². The number of anilines is 2. The van der Waals surface area contributed by atoms with E-state index in [-0.39, 0.29) is 17.8 Å². The third-order valence-electron chi connectivity index (χ3n) is 3.72. The lowest BCUT2D eigenvalue weighted by molar-refractivity contribution is -0.120. The summed E-state index contributed by atoms with van der Waals surface area (Å²) in [6.07, 6.45) is 0. The molecule has 0 atom stereocenters. The molecular weight excluding hydrogens is 372 g/mol. The van der Waals surface area contributed by atoms with E-state index in [1.165, 1.54) is 32.1 Å². The van der Waals surface area contributed by atoms with E-state index < -0.39 is 17.8 Å². The highest BCUT2D eigenvalue weighted by Crippen LogP contribution is 2.28. The largest absolute Gasteiger partial charge is 0.495 e. The second-order valence-electron chi connectivity index (χ2n) is 5.51. The smallest absolute Gasteiger partial charge is 0.339 e. The van der Waals surface area contributed by atoms with Crippen molar-refractivity contribution in [3.63, 3.8) is 0 Å². The molecule has 27 heavy (non-hydrogen) atoms. The van der Waals surface area contributed by atoms with Gasteiger partial charge in [0, 0.05) is 11.9 Å². The summed E-state index contributed by atoms with van der Waals surface area (Å²) >= 11 is 5.96. The quantitative estimate of drug-likeness (QED) is 0.766. The third-order valence-corrected chi connectivity index (χ3v) is 3.95. The highest BCUT2D eigenvalue weighted by Gasteiger charge is 2.22. The summed E-state index contributed by atoms with van der Waals surface area (Å²) in [7, 11) is 2.71. The molecule has 0 spiro atoms. The maximum absolute atomic E-state index is 12.5. The second-order valence-corrected chi connectivity index (χ2v) is 5.94. The molecule has 8 heteroatoms. The van der Waals surface area contributed by atoms with Crippen molar-refractivity contribution in [2.24, 2.45) is 0 Å². The van der Waals surface area contributed by atoms with Gasteiger partial charge in [-0.05, 0) is 30.3 Å². The molecule has 0 aromatic heterocycles. The number of ether oxygens (including phenoxy) is 2. The molecule has 2 amide bonds. The molecule has 142 valence electrons. The minimum atomic E-state index is -0.603. The molecule has 2 aromatic carbocycles. The van der Waals surface area contributed by atoms with E-state index in [4.69, 9.17) is 21.1 Å². The number of amides is 2. The number of benzene rings is 2. The Balaban J connectivity index is 2.28. The summed E-state index contributed by atoms with van der Waals surface area (Å²) in [5.74, 6) is -1.06. The van der Waals surface area contributed by atoms with Crippen molar-refractivity contribution in [1.29, 1.82) is 0 Å². The molecule has 0 radical (unpaired) electrons. The fourth-order valence-electron chi connectivity index (χ4n) is 2.47. The Bertz CT molecular complexity index is 869. The maximum atomic E-state index is 12.5. The first kappa shape index (κ1) is 20.3. The standard InChI is InChI=1S/C19H19ClN2O5/c1-12(23)22(16-7-5-4-6-14(16)19(25)27-3)11-18(24)21-15-10-13(20)8-9-17(15)26-2/h4-10H,11H2,1-3H3,(H,21,24). The maximum Gasteiger partial charge on any atom is 0.339 e. The van der Waals surface area contributed by atoms with Crippen LogP contribution in [0.25, 0.3) is 0 Å². The summed E-state index contributed by atoms with van der Waals surface area (Å²) in [4.78, 5) is 37.8. The van der Waals surface area contributed by atoms with E-state index in [2.05, 4.69) is 5.32 Å². The Hall–Kier alpha value is -3.06. The number of nitrogens with one attached hydrogen (secondary N) is 1. The van der Waals surface area contributed by atoms with Gasteiger partial charge in [-0.1, -0.05) is 23.7 Å². The highest BCUT2D eigenvalue weighted by atomic mass is 35.5. The van der Waals surface area contributed by atoms with Crippen LogP contribution in [0.3, 0.4) is 0 Å². The SMILES string of the molecule is COC(=O)c1ccccc1N(CC(=O)Nc1cc(Cl)ccc1OC)C(C)=O. The molecule has 0 saturated carbocycles. The highest BCUT2D eigenvalue weighted by molar-refractivity contribution is 6.31. The van der Waals surface area contributed by atoms with Crippen LogP contribution < -0.4 is 15.0 Å². The first-order valence-electron chi connectivity index (χ1n) is 7.96. The number of hydrogen-bond donors (Lipinski definition) is 1. The zero-order chi connectivity index (χ0) is 20.0. The Morgan fingerprint density at radius 2 is 1.81 bits per heavy atom. The van der Waals surface area contributed by atoms with E-state index >= 15 is 0 Å². The molecule has 0 fully saturated rings. The summed E-state index contributed by atoms with van der Waals surface area (Å²) in [6.45, 7) is 1.00. The molecule has 1 N–H and O–H groups in total. The van der Waals surface area contributed by atoms with Crippen LogP contribution in [0.1, 0.15) is 17.3 Å². The zero-order valence-electron chi connectivity index (χ0n) is 15.1. The van der Waals surface area contributed by atoms with Gasteiger partial charge in [-0.15, -0.1) is 0 Å². The Morgan fingerprint density at radius 1 is 1.11 bits per heavy atom. The predicted molar refractivity (Wildman–Crippen MR) is 102 cm³/mol. The predicted octanol–water partition coefficient (Wildman–Crippen LogP) is 3.13. The molecule has 2 aromatic rings. The van der Waals surface area contributed by atoms with Crippen LogP contribution in [0, 0.1) is 0 Å². The van der Waals surface area contributed by atoms with Gasteiger partial charge in [0.2, 0.25) is 11.8 Å². The molecule has 0 unspecified atom stereocenters. The van der Waals surface area contributed by atoms with Crippen LogP contribution in [0.2, 0.25) is 5.02 Å². The van der Waals surface area contributed by atoms with Crippen molar-refractivity contribution in [3.05, 3.63) is 53.1 Å². The van der Waals surface area contributed by atoms with Gasteiger partial charge < -0.3 is 19.7 Å². The van der Waals surface area contributed by atoms with E-state index in [0.717, 1.165) is 0 Å². The van der Waals surface area contributed by atoms with Gasteiger partial charge >= 0.3 is 5.97 Å². The minimum Gasteiger partial charge on any atom is -0.495 e. The molecule has 0 heterocycles. The summed E-state index contributed by atoms with van der Waals surface area (Å²) in [5, 5.41) is 3.08. The van der Waals surface area contributed by atoms with Crippen LogP contribution in [-0.2, 0) is 14.3 Å². The van der Waals surface area contributed by atoms with Crippen molar-refractivity contribution in [2.45, 2.75) is 6.92 Å². The number of esters is 1. The monoisotopic (exact) mass is 390 g/mol. The summed E-state index contributed by atoms with van der Waals surface area (Å²) < 4.78 is 9.93. The molecule has 0 saturated heterocycles. The number of carbonyl (C=O) groups excluding carboxylic acids is 3. The van der Waals surface area contributed by atoms with Gasteiger partial charge in [-0.2, -0.15) is 0 Å². The fourth-order valence-corrected chi connectivity index (χ4v) is 2.64. The van der Waals surface area contributed by atoms with E-state index in [9.17, 15) is 14.4 Å². The van der Waals surface area contributed by atoms with Crippen LogP contribution in [-0.4, -0.2) is 38.5 Å². The lowest BCUT2D eigenvalue weighted by atomic mass is 10.1. The van der Waals surface area contributed by atoms with Crippen LogP contribution >= 0.6 is 11.6 Å². The second kappa shape index (κ2) is 9.05. The Morgan fingerprint density at radius 3 is 2.44 bits per heavy atom. The molecule has 0 bridgehead atoms. The zero-order valence-corrected chi connectivity index (χ0v) is 15.9. The average molecular weight is 391 g/mol. The molecule has 0 aliphatic rings. The van der Waals surface area contributed by atoms with Gasteiger partial charge in [0.15, 0.2) is 0 Å². The van der Waals surface area contributed by atoms with Crippen molar-refractivity contribution in [1.82, 2.24) is 0 Å². The molecular formula is C19H19ClN2O5. The first-order valence-corrected chi connectivity index (χ1v) is 8.34. The number of nitrogens with zero attached hydrogens (tertiary/aromatic N) is 1. The first-order chi connectivity index (χ1) is 12.9. The van der Waals surface area contributed by atoms with Crippen molar-refractivity contribution >= 4 is 40.8 Å². The average Bonchev–Trinajstić information content (AvgIpc) is 2.65. The molecule has 2 rings (SSSR count). The number of halogens is 1. The van der Waals surface area contributed by atoms with E-state index in [1.54, 1.807) is 36.4 Å². The number of methoxy groups -OCH3 is 2. The normalized spacial score (nSPS) is 10.1. The van der Waals surface area contributed by atoms with Crippen molar-refractivity contribution in [2.75, 3.05) is 31.0 Å². The van der Waals surface area contributed by atoms with Crippen LogP contribution in [0.15, 0.2) is 42.5 Å². The molecule has 0 aliphatic carbocycles. The molecule has 0 aliphatic heterocycles. The van der Waals surface area contributed by atoms with Crippen LogP contribution in [0.4, 0.5) is 11.4 Å². The van der Waals surface area contributed by atoms with Crippen molar-refractivity contribution in [3.8, 4) is 5.75 Å². The van der Waals surface area contributed by atoms with Gasteiger partial charge in [0.1, 0.15) is 12.3 Å². The Labute approximate surface area is 161 Å². The van der Waals surface area contributed by atoms with E-state index in [1.807, 2.05) is 0 Å². The van der Waals surface area contributed by atoms with Crippen molar-refractivity contribution < 1.29 is 23.9 Å². The summed E-state index contributed by atoms with van der Waals surface area (Å²) in [6, 6.07) is 11.2. The number of carbonyl (C=O) groups is 3. The van der Waals surface area contributed by atoms with Gasteiger partial charge in [0.25, 0.3) is 0 Å². The third kappa shape index (κ3) is 4.98.